The minimum Gasteiger partial charge on any atom is -0.382 e. The highest BCUT2D eigenvalue weighted by molar-refractivity contribution is 6.72. The Bertz CT molecular complexity index is 489. The van der Waals surface area contributed by atoms with Gasteiger partial charge in [0.2, 0.25) is 5.78 Å². The molecule has 1 aromatic carbocycles. The zero-order valence-corrected chi connectivity index (χ0v) is 7.68. The standard InChI is InChI=1S/C10H7N3O2/c11-9-7(12-10(15)13-9)8(14)6-4-2-1-3-5-6/h1-5H,(H2,11,13,15). The van der Waals surface area contributed by atoms with Gasteiger partial charge in [-0.3, -0.25) is 4.79 Å². The number of amidine groups is 1. The van der Waals surface area contributed by atoms with Gasteiger partial charge in [0.1, 0.15) is 0 Å². The molecule has 0 unspecified atom stereocenters. The third-order valence-electron chi connectivity index (χ3n) is 1.92. The van der Waals surface area contributed by atoms with E-state index in [0.717, 1.165) is 0 Å². The van der Waals surface area contributed by atoms with Gasteiger partial charge in [-0.1, -0.05) is 30.3 Å². The lowest BCUT2D eigenvalue weighted by molar-refractivity contribution is 0.106. The molecular formula is C10H7N3O2. The Morgan fingerprint density at radius 2 is 1.80 bits per heavy atom. The van der Waals surface area contributed by atoms with E-state index >= 15 is 0 Å². The lowest BCUT2D eigenvalue weighted by Crippen LogP contribution is -2.28. The second kappa shape index (κ2) is 3.45. The molecule has 2 amide bonds. The van der Waals surface area contributed by atoms with Gasteiger partial charge in [-0.2, -0.15) is 9.98 Å². The first-order chi connectivity index (χ1) is 7.18. The van der Waals surface area contributed by atoms with Crippen molar-refractivity contribution in [1.82, 2.24) is 0 Å². The Kier molecular flexibility index (Phi) is 2.13. The van der Waals surface area contributed by atoms with E-state index in [9.17, 15) is 9.59 Å². The average molecular weight is 201 g/mol. The van der Waals surface area contributed by atoms with Crippen molar-refractivity contribution in [3.63, 3.8) is 0 Å². The van der Waals surface area contributed by atoms with Gasteiger partial charge in [0, 0.05) is 5.56 Å². The summed E-state index contributed by atoms with van der Waals surface area (Å²) in [6.07, 6.45) is 0. The molecule has 0 saturated carbocycles. The maximum atomic E-state index is 11.8. The van der Waals surface area contributed by atoms with Crippen LogP contribution in [0.1, 0.15) is 10.4 Å². The van der Waals surface area contributed by atoms with Crippen LogP contribution in [0.5, 0.6) is 0 Å². The second-order valence-electron chi connectivity index (χ2n) is 2.94. The molecule has 0 radical (unpaired) electrons. The molecule has 0 aromatic heterocycles. The highest BCUT2D eigenvalue weighted by atomic mass is 16.2. The number of nitrogens with two attached hydrogens (primary N) is 1. The smallest absolute Gasteiger partial charge is 0.369 e. The third kappa shape index (κ3) is 1.67. The fourth-order valence-corrected chi connectivity index (χ4v) is 1.23. The van der Waals surface area contributed by atoms with Crippen molar-refractivity contribution < 1.29 is 9.59 Å². The molecule has 0 spiro atoms. The molecule has 0 bridgehead atoms. The molecule has 2 rings (SSSR count). The summed E-state index contributed by atoms with van der Waals surface area (Å²) >= 11 is 0. The molecule has 1 heterocycles. The number of aliphatic imine (C=N–C) groups is 2. The maximum Gasteiger partial charge on any atom is 0.369 e. The van der Waals surface area contributed by atoms with E-state index in [4.69, 9.17) is 5.73 Å². The predicted octanol–water partition coefficient (Wildman–Crippen LogP) is 0.801. The van der Waals surface area contributed by atoms with Crippen LogP contribution in [-0.4, -0.2) is 23.4 Å². The Morgan fingerprint density at radius 1 is 1.13 bits per heavy atom. The Labute approximate surface area is 85.3 Å². The molecule has 0 atom stereocenters. The Morgan fingerprint density at radius 3 is 2.33 bits per heavy atom. The minimum absolute atomic E-state index is 0.0776. The highest BCUT2D eigenvalue weighted by Crippen LogP contribution is 2.05. The van der Waals surface area contributed by atoms with E-state index in [2.05, 4.69) is 9.98 Å². The van der Waals surface area contributed by atoms with Crippen molar-refractivity contribution in [2.24, 2.45) is 15.7 Å². The molecule has 1 aliphatic rings. The van der Waals surface area contributed by atoms with E-state index in [0.29, 0.717) is 5.56 Å². The van der Waals surface area contributed by atoms with E-state index in [1.54, 1.807) is 30.3 Å². The predicted molar refractivity (Wildman–Crippen MR) is 55.2 cm³/mol. The topological polar surface area (TPSA) is 84.9 Å². The summed E-state index contributed by atoms with van der Waals surface area (Å²) in [7, 11) is 0. The van der Waals surface area contributed by atoms with Gasteiger partial charge in [0.25, 0.3) is 0 Å². The van der Waals surface area contributed by atoms with Crippen molar-refractivity contribution >= 4 is 23.4 Å². The molecule has 1 aliphatic heterocycles. The lowest BCUT2D eigenvalue weighted by Gasteiger charge is -1.98. The lowest BCUT2D eigenvalue weighted by atomic mass is 10.1. The zero-order valence-electron chi connectivity index (χ0n) is 7.68. The molecule has 5 nitrogen and oxygen atoms in total. The molecule has 0 fully saturated rings. The van der Waals surface area contributed by atoms with Gasteiger partial charge in [-0.05, 0) is 0 Å². The maximum absolute atomic E-state index is 11.8. The number of hydrogen-bond donors (Lipinski definition) is 1. The molecule has 0 saturated heterocycles. The van der Waals surface area contributed by atoms with Gasteiger partial charge in [-0.25, -0.2) is 4.79 Å². The summed E-state index contributed by atoms with van der Waals surface area (Å²) in [4.78, 5) is 29.3. The van der Waals surface area contributed by atoms with Crippen molar-refractivity contribution in [3.8, 4) is 0 Å². The van der Waals surface area contributed by atoms with Gasteiger partial charge < -0.3 is 5.73 Å². The Hall–Kier alpha value is -2.30. The van der Waals surface area contributed by atoms with Crippen LogP contribution < -0.4 is 5.73 Å². The molecule has 2 N–H and O–H groups in total. The number of nitrogens with zero attached hydrogens (tertiary/aromatic N) is 2. The van der Waals surface area contributed by atoms with Gasteiger partial charge >= 0.3 is 6.03 Å². The molecular weight excluding hydrogens is 194 g/mol. The van der Waals surface area contributed by atoms with E-state index in [-0.39, 0.29) is 17.3 Å². The van der Waals surface area contributed by atoms with Gasteiger partial charge in [0.05, 0.1) is 0 Å². The summed E-state index contributed by atoms with van der Waals surface area (Å²) in [6.45, 7) is 0. The van der Waals surface area contributed by atoms with Crippen molar-refractivity contribution in [2.45, 2.75) is 0 Å². The monoisotopic (exact) mass is 201 g/mol. The van der Waals surface area contributed by atoms with Crippen molar-refractivity contribution in [2.75, 3.05) is 0 Å². The van der Waals surface area contributed by atoms with Crippen LogP contribution in [0.25, 0.3) is 0 Å². The average Bonchev–Trinajstić information content (AvgIpc) is 2.58. The molecule has 0 aliphatic carbocycles. The Balaban J connectivity index is 2.36. The number of amides is 2. The number of ketones is 1. The number of hydrogen-bond acceptors (Lipinski definition) is 3. The third-order valence-corrected chi connectivity index (χ3v) is 1.92. The summed E-state index contributed by atoms with van der Waals surface area (Å²) in [5.74, 6) is -0.503. The fourth-order valence-electron chi connectivity index (χ4n) is 1.23. The summed E-state index contributed by atoms with van der Waals surface area (Å²) in [5.41, 5.74) is 5.74. The number of benzene rings is 1. The van der Waals surface area contributed by atoms with Gasteiger partial charge in [-0.15, -0.1) is 0 Å². The molecule has 15 heavy (non-hydrogen) atoms. The molecule has 74 valence electrons. The first-order valence-electron chi connectivity index (χ1n) is 4.25. The molecule has 5 heteroatoms. The number of urea groups is 1. The SMILES string of the molecule is NC1=NC(=O)N=C1C(=O)c1ccccc1. The van der Waals surface area contributed by atoms with E-state index in [1.807, 2.05) is 0 Å². The number of Topliss-reactive ketones (excluding diaryl/α,β-unsaturated/α-hetero) is 1. The molecule has 1 aromatic rings. The zero-order chi connectivity index (χ0) is 10.8. The first-order valence-corrected chi connectivity index (χ1v) is 4.25. The van der Waals surface area contributed by atoms with Crippen LogP contribution in [0.15, 0.2) is 40.3 Å². The van der Waals surface area contributed by atoms with Crippen LogP contribution in [0.2, 0.25) is 0 Å². The largest absolute Gasteiger partial charge is 0.382 e. The number of carbonyl (C=O) groups is 2. The quantitative estimate of drug-likeness (QED) is 0.718. The summed E-state index contributed by atoms with van der Waals surface area (Å²) in [6, 6.07) is 7.75. The second-order valence-corrected chi connectivity index (χ2v) is 2.94. The minimum atomic E-state index is -0.730. The van der Waals surface area contributed by atoms with Crippen molar-refractivity contribution in [1.29, 1.82) is 0 Å². The fraction of sp³-hybridized carbons (Fsp3) is 0. The van der Waals surface area contributed by atoms with Crippen molar-refractivity contribution in [3.05, 3.63) is 35.9 Å². The summed E-state index contributed by atoms with van der Waals surface area (Å²) in [5, 5.41) is 0. The van der Waals surface area contributed by atoms with Crippen LogP contribution in [0.3, 0.4) is 0 Å². The van der Waals surface area contributed by atoms with Crippen LogP contribution in [-0.2, 0) is 0 Å². The summed E-state index contributed by atoms with van der Waals surface area (Å²) < 4.78 is 0. The number of carbonyl (C=O) groups excluding carboxylic acids is 2. The highest BCUT2D eigenvalue weighted by Gasteiger charge is 2.24. The normalized spacial score (nSPS) is 14.8. The van der Waals surface area contributed by atoms with Crippen LogP contribution in [0.4, 0.5) is 4.79 Å². The van der Waals surface area contributed by atoms with E-state index < -0.39 is 6.03 Å². The van der Waals surface area contributed by atoms with Gasteiger partial charge in [0.15, 0.2) is 11.5 Å². The van der Waals surface area contributed by atoms with Crippen LogP contribution >= 0.6 is 0 Å². The van der Waals surface area contributed by atoms with Crippen LogP contribution in [0, 0.1) is 0 Å². The first kappa shape index (κ1) is 9.26. The van der Waals surface area contributed by atoms with E-state index in [1.165, 1.54) is 0 Å². The number of rotatable bonds is 2.